The summed E-state index contributed by atoms with van der Waals surface area (Å²) < 4.78 is 5.84. The first-order valence-electron chi connectivity index (χ1n) is 7.98. The standard InChI is InChI=1S/C15H28N2OS/c1-5-15(13-18-8-1,11-16-14-3-4-14)12-17-6-2-9-19-10-7-17/h14,16H,1-13H2. The van der Waals surface area contributed by atoms with Crippen molar-refractivity contribution < 1.29 is 4.74 Å². The first kappa shape index (κ1) is 14.2. The maximum atomic E-state index is 5.84. The molecule has 4 heteroatoms. The third-order valence-electron chi connectivity index (χ3n) is 4.62. The monoisotopic (exact) mass is 284 g/mol. The summed E-state index contributed by atoms with van der Waals surface area (Å²) in [4.78, 5) is 2.70. The van der Waals surface area contributed by atoms with Gasteiger partial charge in [0.2, 0.25) is 0 Å². The normalized spacial score (nSPS) is 34.1. The maximum Gasteiger partial charge on any atom is 0.0546 e. The molecule has 2 aliphatic heterocycles. The smallest absolute Gasteiger partial charge is 0.0546 e. The Kier molecular flexibility index (Phi) is 5.07. The van der Waals surface area contributed by atoms with E-state index in [1.807, 2.05) is 0 Å². The van der Waals surface area contributed by atoms with E-state index in [9.17, 15) is 0 Å². The Morgan fingerprint density at radius 1 is 1.21 bits per heavy atom. The SMILES string of the molecule is C1CSCCN(CC2(CNC3CC3)CCCOC2)C1. The van der Waals surface area contributed by atoms with Gasteiger partial charge < -0.3 is 15.0 Å². The molecule has 1 atom stereocenters. The van der Waals surface area contributed by atoms with E-state index in [4.69, 9.17) is 4.74 Å². The van der Waals surface area contributed by atoms with Crippen molar-refractivity contribution in [3.05, 3.63) is 0 Å². The van der Waals surface area contributed by atoms with Crippen molar-refractivity contribution in [3.8, 4) is 0 Å². The molecule has 1 unspecified atom stereocenters. The Labute approximate surface area is 121 Å². The second kappa shape index (κ2) is 6.79. The van der Waals surface area contributed by atoms with E-state index in [1.54, 1.807) is 0 Å². The molecule has 110 valence electrons. The summed E-state index contributed by atoms with van der Waals surface area (Å²) in [5.41, 5.74) is 0.385. The average molecular weight is 284 g/mol. The summed E-state index contributed by atoms with van der Waals surface area (Å²) in [6.45, 7) is 6.92. The van der Waals surface area contributed by atoms with Crippen molar-refractivity contribution in [3.63, 3.8) is 0 Å². The lowest BCUT2D eigenvalue weighted by molar-refractivity contribution is -0.0253. The minimum Gasteiger partial charge on any atom is -0.381 e. The molecule has 1 saturated carbocycles. The lowest BCUT2D eigenvalue weighted by Crippen LogP contribution is -2.49. The molecule has 3 nitrogen and oxygen atoms in total. The Hall–Kier alpha value is 0.230. The first-order chi connectivity index (χ1) is 9.36. The molecule has 19 heavy (non-hydrogen) atoms. The van der Waals surface area contributed by atoms with Crippen LogP contribution in [0.2, 0.25) is 0 Å². The Morgan fingerprint density at radius 2 is 2.16 bits per heavy atom. The third-order valence-corrected chi connectivity index (χ3v) is 5.67. The predicted octanol–water partition coefficient (Wildman–Crippen LogP) is 1.97. The first-order valence-corrected chi connectivity index (χ1v) is 9.13. The summed E-state index contributed by atoms with van der Waals surface area (Å²) >= 11 is 2.12. The van der Waals surface area contributed by atoms with Crippen molar-refractivity contribution in [2.75, 3.05) is 50.9 Å². The van der Waals surface area contributed by atoms with Gasteiger partial charge in [0.1, 0.15) is 0 Å². The van der Waals surface area contributed by atoms with Gasteiger partial charge in [0.25, 0.3) is 0 Å². The number of nitrogens with zero attached hydrogens (tertiary/aromatic N) is 1. The highest BCUT2D eigenvalue weighted by atomic mass is 32.2. The van der Waals surface area contributed by atoms with Crippen LogP contribution in [-0.2, 0) is 4.74 Å². The fraction of sp³-hybridized carbons (Fsp3) is 1.00. The molecule has 0 spiro atoms. The van der Waals surface area contributed by atoms with Crippen molar-refractivity contribution in [2.24, 2.45) is 5.41 Å². The summed E-state index contributed by atoms with van der Waals surface area (Å²) in [5.74, 6) is 2.66. The molecule has 3 aliphatic rings. The van der Waals surface area contributed by atoms with Crippen LogP contribution in [-0.4, -0.2) is 61.8 Å². The van der Waals surface area contributed by atoms with Gasteiger partial charge in [-0.15, -0.1) is 0 Å². The van der Waals surface area contributed by atoms with E-state index in [0.29, 0.717) is 5.41 Å². The van der Waals surface area contributed by atoms with E-state index >= 15 is 0 Å². The van der Waals surface area contributed by atoms with Crippen LogP contribution in [0.5, 0.6) is 0 Å². The second-order valence-corrected chi connectivity index (χ2v) is 7.78. The van der Waals surface area contributed by atoms with Crippen molar-refractivity contribution in [2.45, 2.75) is 38.1 Å². The van der Waals surface area contributed by atoms with Gasteiger partial charge in [0, 0.05) is 43.5 Å². The fourth-order valence-corrected chi connectivity index (χ4v) is 4.23. The van der Waals surface area contributed by atoms with Gasteiger partial charge in [-0.3, -0.25) is 0 Å². The van der Waals surface area contributed by atoms with Crippen molar-refractivity contribution in [1.29, 1.82) is 0 Å². The van der Waals surface area contributed by atoms with Gasteiger partial charge in [0.05, 0.1) is 6.61 Å². The van der Waals surface area contributed by atoms with Gasteiger partial charge in [-0.2, -0.15) is 11.8 Å². The molecule has 3 rings (SSSR count). The average Bonchev–Trinajstić information content (AvgIpc) is 3.26. The van der Waals surface area contributed by atoms with Crippen LogP contribution < -0.4 is 5.32 Å². The van der Waals surface area contributed by atoms with Crippen LogP contribution in [0.1, 0.15) is 32.1 Å². The minimum atomic E-state index is 0.385. The molecular formula is C15H28N2OS. The van der Waals surface area contributed by atoms with Gasteiger partial charge >= 0.3 is 0 Å². The summed E-state index contributed by atoms with van der Waals surface area (Å²) in [6.07, 6.45) is 6.72. The number of rotatable bonds is 5. The third kappa shape index (κ3) is 4.35. The highest BCUT2D eigenvalue weighted by Crippen LogP contribution is 2.31. The lowest BCUT2D eigenvalue weighted by atomic mass is 9.81. The van der Waals surface area contributed by atoms with Gasteiger partial charge in [-0.25, -0.2) is 0 Å². The number of nitrogens with one attached hydrogen (secondary N) is 1. The molecule has 2 heterocycles. The van der Waals surface area contributed by atoms with Crippen molar-refractivity contribution in [1.82, 2.24) is 10.2 Å². The topological polar surface area (TPSA) is 24.5 Å². The summed E-state index contributed by atoms with van der Waals surface area (Å²) in [6, 6.07) is 0.818. The summed E-state index contributed by atoms with van der Waals surface area (Å²) in [7, 11) is 0. The van der Waals surface area contributed by atoms with Crippen LogP contribution in [0.25, 0.3) is 0 Å². The Balaban J connectivity index is 1.56. The molecule has 0 aromatic carbocycles. The zero-order valence-corrected chi connectivity index (χ0v) is 12.8. The van der Waals surface area contributed by atoms with E-state index in [2.05, 4.69) is 22.0 Å². The quantitative estimate of drug-likeness (QED) is 0.834. The minimum absolute atomic E-state index is 0.385. The second-order valence-electron chi connectivity index (χ2n) is 6.55. The highest BCUT2D eigenvalue weighted by Gasteiger charge is 2.36. The zero-order chi connectivity index (χ0) is 13.0. The molecule has 3 fully saturated rings. The molecule has 0 radical (unpaired) electrons. The van der Waals surface area contributed by atoms with Gasteiger partial charge in [-0.05, 0) is 44.4 Å². The zero-order valence-electron chi connectivity index (χ0n) is 12.0. The van der Waals surface area contributed by atoms with Crippen LogP contribution in [0.4, 0.5) is 0 Å². The number of hydrogen-bond donors (Lipinski definition) is 1. The maximum absolute atomic E-state index is 5.84. The molecule has 0 bridgehead atoms. The van der Waals surface area contributed by atoms with Crippen LogP contribution in [0.3, 0.4) is 0 Å². The number of thioether (sulfide) groups is 1. The fourth-order valence-electron chi connectivity index (χ4n) is 3.31. The van der Waals surface area contributed by atoms with Crippen LogP contribution >= 0.6 is 11.8 Å². The summed E-state index contributed by atoms with van der Waals surface area (Å²) in [5, 5.41) is 3.76. The van der Waals surface area contributed by atoms with Crippen LogP contribution in [0.15, 0.2) is 0 Å². The molecule has 1 aliphatic carbocycles. The Morgan fingerprint density at radius 3 is 2.95 bits per heavy atom. The van der Waals surface area contributed by atoms with E-state index in [0.717, 1.165) is 19.3 Å². The molecule has 2 saturated heterocycles. The predicted molar refractivity (Wildman–Crippen MR) is 81.9 cm³/mol. The van der Waals surface area contributed by atoms with E-state index in [1.165, 1.54) is 69.8 Å². The highest BCUT2D eigenvalue weighted by molar-refractivity contribution is 7.99. The van der Waals surface area contributed by atoms with E-state index in [-0.39, 0.29) is 0 Å². The van der Waals surface area contributed by atoms with Crippen molar-refractivity contribution >= 4 is 11.8 Å². The molecule has 1 N–H and O–H groups in total. The number of ether oxygens (including phenoxy) is 1. The number of hydrogen-bond acceptors (Lipinski definition) is 4. The molecule has 0 amide bonds. The Bertz CT molecular complexity index is 269. The van der Waals surface area contributed by atoms with E-state index < -0.39 is 0 Å². The molecular weight excluding hydrogens is 256 g/mol. The lowest BCUT2D eigenvalue weighted by Gasteiger charge is -2.41. The van der Waals surface area contributed by atoms with Crippen LogP contribution in [0, 0.1) is 5.41 Å². The largest absolute Gasteiger partial charge is 0.381 e. The van der Waals surface area contributed by atoms with Gasteiger partial charge in [0.15, 0.2) is 0 Å². The molecule has 0 aromatic rings. The molecule has 0 aromatic heterocycles. The van der Waals surface area contributed by atoms with Gasteiger partial charge in [-0.1, -0.05) is 0 Å².